The number of rotatable bonds is 6. The molecule has 0 N–H and O–H groups in total. The van der Waals surface area contributed by atoms with Crippen LogP contribution < -0.4 is 0 Å². The smallest absolute Gasteiger partial charge is 0.329 e. The third-order valence-corrected chi connectivity index (χ3v) is 2.12. The summed E-state index contributed by atoms with van der Waals surface area (Å²) in [6.07, 6.45) is 1.98. The molecule has 0 rings (SSSR count). The molecule has 4 nitrogen and oxygen atoms in total. The van der Waals surface area contributed by atoms with E-state index in [0.717, 1.165) is 0 Å². The maximum Gasteiger partial charge on any atom is 0.329 e. The van der Waals surface area contributed by atoms with Crippen molar-refractivity contribution in [3.05, 3.63) is 12.7 Å². The Hall–Kier alpha value is -1.32. The van der Waals surface area contributed by atoms with Crippen molar-refractivity contribution in [3.8, 4) is 0 Å². The molecule has 0 aromatic carbocycles. The van der Waals surface area contributed by atoms with E-state index >= 15 is 0 Å². The van der Waals surface area contributed by atoms with Crippen molar-refractivity contribution in [2.24, 2.45) is 0 Å². The third-order valence-electron chi connectivity index (χ3n) is 2.12. The van der Waals surface area contributed by atoms with E-state index in [1.165, 1.54) is 11.8 Å². The van der Waals surface area contributed by atoms with Gasteiger partial charge in [0.1, 0.15) is 6.04 Å². The van der Waals surface area contributed by atoms with Crippen molar-refractivity contribution >= 4 is 11.9 Å². The SMILES string of the molecule is C=CCN(C(C)=O)C(CC)C(=O)OC(C)C. The molecule has 0 aromatic rings. The lowest BCUT2D eigenvalue weighted by Crippen LogP contribution is -2.45. The molecular weight excluding hydrogens is 206 g/mol. The molecule has 92 valence electrons. The number of hydrogen-bond acceptors (Lipinski definition) is 3. The highest BCUT2D eigenvalue weighted by atomic mass is 16.5. The van der Waals surface area contributed by atoms with E-state index < -0.39 is 6.04 Å². The van der Waals surface area contributed by atoms with E-state index in [2.05, 4.69) is 6.58 Å². The fourth-order valence-electron chi connectivity index (χ4n) is 1.44. The summed E-state index contributed by atoms with van der Waals surface area (Å²) < 4.78 is 5.11. The molecule has 0 radical (unpaired) electrons. The Morgan fingerprint density at radius 2 is 2.00 bits per heavy atom. The number of nitrogens with zero attached hydrogens (tertiary/aromatic N) is 1. The van der Waals surface area contributed by atoms with Crippen molar-refractivity contribution in [3.63, 3.8) is 0 Å². The summed E-state index contributed by atoms with van der Waals surface area (Å²) in [5.74, 6) is -0.498. The quantitative estimate of drug-likeness (QED) is 0.513. The van der Waals surface area contributed by atoms with Crippen molar-refractivity contribution in [2.75, 3.05) is 6.54 Å². The van der Waals surface area contributed by atoms with Crippen LogP contribution in [0.4, 0.5) is 0 Å². The number of hydrogen-bond donors (Lipinski definition) is 0. The zero-order chi connectivity index (χ0) is 12.7. The van der Waals surface area contributed by atoms with Crippen LogP contribution in [0.1, 0.15) is 34.1 Å². The second-order valence-corrected chi connectivity index (χ2v) is 3.87. The number of carbonyl (C=O) groups excluding carboxylic acids is 2. The minimum absolute atomic E-state index is 0.146. The highest BCUT2D eigenvalue weighted by Crippen LogP contribution is 2.08. The predicted octanol–water partition coefficient (Wildman–Crippen LogP) is 1.75. The topological polar surface area (TPSA) is 46.6 Å². The van der Waals surface area contributed by atoms with Gasteiger partial charge in [0.05, 0.1) is 6.10 Å². The van der Waals surface area contributed by atoms with Crippen molar-refractivity contribution in [2.45, 2.75) is 46.3 Å². The number of amides is 1. The highest BCUT2D eigenvalue weighted by Gasteiger charge is 2.27. The Kier molecular flexibility index (Phi) is 6.46. The van der Waals surface area contributed by atoms with Crippen LogP contribution in [0, 0.1) is 0 Å². The van der Waals surface area contributed by atoms with Crippen LogP contribution in [0.15, 0.2) is 12.7 Å². The van der Waals surface area contributed by atoms with Gasteiger partial charge in [-0.05, 0) is 20.3 Å². The number of esters is 1. The summed E-state index contributed by atoms with van der Waals surface area (Å²) in [6, 6.07) is -0.516. The minimum atomic E-state index is -0.516. The van der Waals surface area contributed by atoms with Gasteiger partial charge in [-0.3, -0.25) is 4.79 Å². The normalized spacial score (nSPS) is 12.1. The van der Waals surface area contributed by atoms with Crippen molar-refractivity contribution < 1.29 is 14.3 Å². The van der Waals surface area contributed by atoms with Crippen LogP contribution in [0.25, 0.3) is 0 Å². The maximum absolute atomic E-state index is 11.8. The molecule has 0 bridgehead atoms. The monoisotopic (exact) mass is 227 g/mol. The Balaban J connectivity index is 4.71. The van der Waals surface area contributed by atoms with Gasteiger partial charge in [0, 0.05) is 13.5 Å². The molecule has 1 amide bonds. The van der Waals surface area contributed by atoms with Crippen molar-refractivity contribution in [1.29, 1.82) is 0 Å². The van der Waals surface area contributed by atoms with Gasteiger partial charge in [-0.1, -0.05) is 13.0 Å². The summed E-state index contributed by atoms with van der Waals surface area (Å²) in [7, 11) is 0. The summed E-state index contributed by atoms with van der Waals surface area (Å²) in [6.45, 7) is 10.8. The summed E-state index contributed by atoms with van der Waals surface area (Å²) >= 11 is 0. The van der Waals surface area contributed by atoms with Gasteiger partial charge in [-0.15, -0.1) is 6.58 Å². The molecule has 0 heterocycles. The molecular formula is C12H21NO3. The molecule has 0 saturated carbocycles. The van der Waals surface area contributed by atoms with Gasteiger partial charge >= 0.3 is 5.97 Å². The first-order valence-corrected chi connectivity index (χ1v) is 5.52. The Morgan fingerprint density at radius 3 is 2.31 bits per heavy atom. The van der Waals surface area contributed by atoms with E-state index in [-0.39, 0.29) is 18.0 Å². The van der Waals surface area contributed by atoms with E-state index in [4.69, 9.17) is 4.74 Å². The largest absolute Gasteiger partial charge is 0.461 e. The molecule has 0 aliphatic heterocycles. The van der Waals surface area contributed by atoms with Gasteiger partial charge in [-0.2, -0.15) is 0 Å². The summed E-state index contributed by atoms with van der Waals surface area (Å²) in [5.41, 5.74) is 0. The average Bonchev–Trinajstić information content (AvgIpc) is 2.16. The molecule has 0 aliphatic rings. The fraction of sp³-hybridized carbons (Fsp3) is 0.667. The van der Waals surface area contributed by atoms with Gasteiger partial charge in [0.2, 0.25) is 5.91 Å². The standard InChI is InChI=1S/C12H21NO3/c1-6-8-13(10(5)14)11(7-2)12(15)16-9(3)4/h6,9,11H,1,7-8H2,2-5H3. The highest BCUT2D eigenvalue weighted by molar-refractivity contribution is 5.83. The maximum atomic E-state index is 11.8. The van der Waals surface area contributed by atoms with Crippen molar-refractivity contribution in [1.82, 2.24) is 4.90 Å². The number of ether oxygens (including phenoxy) is 1. The molecule has 4 heteroatoms. The molecule has 0 fully saturated rings. The van der Waals surface area contributed by atoms with Gasteiger partial charge in [0.25, 0.3) is 0 Å². The van der Waals surface area contributed by atoms with Gasteiger partial charge in [-0.25, -0.2) is 4.79 Å². The first-order chi connectivity index (χ1) is 7.43. The van der Waals surface area contributed by atoms with Crippen LogP contribution in [-0.4, -0.2) is 35.5 Å². The second-order valence-electron chi connectivity index (χ2n) is 3.87. The van der Waals surface area contributed by atoms with Crippen LogP contribution >= 0.6 is 0 Å². The summed E-state index contributed by atoms with van der Waals surface area (Å²) in [4.78, 5) is 24.6. The molecule has 0 saturated heterocycles. The Bertz CT molecular complexity index is 261. The van der Waals surface area contributed by atoms with E-state index in [1.807, 2.05) is 6.92 Å². The Morgan fingerprint density at radius 1 is 1.44 bits per heavy atom. The molecule has 0 aliphatic carbocycles. The Labute approximate surface area is 97.3 Å². The zero-order valence-electron chi connectivity index (χ0n) is 10.5. The first-order valence-electron chi connectivity index (χ1n) is 5.52. The van der Waals surface area contributed by atoms with E-state index in [1.54, 1.807) is 19.9 Å². The van der Waals surface area contributed by atoms with Gasteiger partial charge < -0.3 is 9.64 Å². The first kappa shape index (κ1) is 14.7. The lowest BCUT2D eigenvalue weighted by atomic mass is 10.2. The molecule has 1 atom stereocenters. The average molecular weight is 227 g/mol. The zero-order valence-corrected chi connectivity index (χ0v) is 10.5. The molecule has 16 heavy (non-hydrogen) atoms. The summed E-state index contributed by atoms with van der Waals surface area (Å²) in [5, 5.41) is 0. The lowest BCUT2D eigenvalue weighted by Gasteiger charge is -2.28. The molecule has 0 aromatic heterocycles. The predicted molar refractivity (Wildman–Crippen MR) is 62.9 cm³/mol. The van der Waals surface area contributed by atoms with Crippen LogP contribution in [-0.2, 0) is 14.3 Å². The second kappa shape index (κ2) is 7.04. The van der Waals surface area contributed by atoms with E-state index in [0.29, 0.717) is 13.0 Å². The van der Waals surface area contributed by atoms with Crippen LogP contribution in [0.3, 0.4) is 0 Å². The van der Waals surface area contributed by atoms with E-state index in [9.17, 15) is 9.59 Å². The van der Waals surface area contributed by atoms with Crippen LogP contribution in [0.5, 0.6) is 0 Å². The lowest BCUT2D eigenvalue weighted by molar-refractivity contribution is -0.157. The van der Waals surface area contributed by atoms with Crippen LogP contribution in [0.2, 0.25) is 0 Å². The van der Waals surface area contributed by atoms with Gasteiger partial charge in [0.15, 0.2) is 0 Å². The number of carbonyl (C=O) groups is 2. The molecule has 1 unspecified atom stereocenters. The minimum Gasteiger partial charge on any atom is -0.461 e. The molecule has 0 spiro atoms. The fourth-order valence-corrected chi connectivity index (χ4v) is 1.44. The third kappa shape index (κ3) is 4.47.